The van der Waals surface area contributed by atoms with Gasteiger partial charge in [-0.05, 0) is 18.2 Å². The smallest absolute Gasteiger partial charge is 0.184 e. The third-order valence-corrected chi connectivity index (χ3v) is 4.38. The Morgan fingerprint density at radius 1 is 1.04 bits per heavy atom. The van der Waals surface area contributed by atoms with Gasteiger partial charge in [0.1, 0.15) is 17.2 Å². The van der Waals surface area contributed by atoms with Crippen LogP contribution in [0.5, 0.6) is 0 Å². The topological polar surface area (TPSA) is 112 Å². The maximum Gasteiger partial charge on any atom is 0.184 e. The Kier molecular flexibility index (Phi) is 4.26. The number of nitrogens with zero attached hydrogens (tertiary/aromatic N) is 6. The number of fused-ring (bicyclic) bond motifs is 1. The maximum atomic E-state index is 14.1. The lowest BCUT2D eigenvalue weighted by Gasteiger charge is -2.16. The number of nitrogen functional groups attached to an aromatic ring is 2. The second-order valence-corrected chi connectivity index (χ2v) is 6.53. The second-order valence-electron chi connectivity index (χ2n) is 6.53. The van der Waals surface area contributed by atoms with Crippen molar-refractivity contribution in [3.63, 3.8) is 0 Å². The Hall–Kier alpha value is -3.75. The van der Waals surface area contributed by atoms with Crippen LogP contribution in [0.3, 0.4) is 0 Å². The molecule has 0 atom stereocenters. The van der Waals surface area contributed by atoms with Crippen LogP contribution in [-0.2, 0) is 6.54 Å². The van der Waals surface area contributed by atoms with Crippen LogP contribution in [0.25, 0.3) is 22.6 Å². The minimum absolute atomic E-state index is 0.223. The summed E-state index contributed by atoms with van der Waals surface area (Å²) in [6.07, 6.45) is 1.66. The van der Waals surface area contributed by atoms with Gasteiger partial charge in [-0.25, -0.2) is 24.0 Å². The number of hydrogen-bond acceptors (Lipinski definition) is 7. The fraction of sp³-hybridized carbons (Fsp3) is 0.158. The first kappa shape index (κ1) is 17.7. The molecule has 28 heavy (non-hydrogen) atoms. The van der Waals surface area contributed by atoms with E-state index in [9.17, 15) is 4.39 Å². The van der Waals surface area contributed by atoms with Crippen molar-refractivity contribution in [2.24, 2.45) is 0 Å². The summed E-state index contributed by atoms with van der Waals surface area (Å²) in [5.41, 5.74) is 14.3. The summed E-state index contributed by atoms with van der Waals surface area (Å²) in [7, 11) is 3.63. The Morgan fingerprint density at radius 2 is 1.75 bits per heavy atom. The van der Waals surface area contributed by atoms with E-state index in [0.29, 0.717) is 28.4 Å². The van der Waals surface area contributed by atoms with Crippen molar-refractivity contribution in [1.82, 2.24) is 24.7 Å². The van der Waals surface area contributed by atoms with Crippen LogP contribution in [0.4, 0.5) is 21.7 Å². The Bertz CT molecular complexity index is 1140. The minimum Gasteiger partial charge on any atom is -0.382 e. The summed E-state index contributed by atoms with van der Waals surface area (Å²) in [4.78, 5) is 14.9. The SMILES string of the molecule is CN(C)c1c(N)nc(-c2nn(Cc3ccccc3F)c3ncccc23)nc1N. The van der Waals surface area contributed by atoms with Crippen molar-refractivity contribution < 1.29 is 4.39 Å². The van der Waals surface area contributed by atoms with Gasteiger partial charge in [0, 0.05) is 25.9 Å². The Balaban J connectivity index is 1.86. The molecule has 0 aliphatic rings. The first-order valence-corrected chi connectivity index (χ1v) is 8.61. The quantitative estimate of drug-likeness (QED) is 0.560. The van der Waals surface area contributed by atoms with E-state index in [1.807, 2.05) is 20.2 Å². The lowest BCUT2D eigenvalue weighted by molar-refractivity contribution is 0.589. The third-order valence-electron chi connectivity index (χ3n) is 4.38. The van der Waals surface area contributed by atoms with Gasteiger partial charge in [-0.1, -0.05) is 18.2 Å². The standard InChI is InChI=1S/C19H19FN8/c1-27(2)15-16(21)24-18(25-17(15)22)14-12-7-5-9-23-19(12)28(26-14)10-11-6-3-4-8-13(11)20/h3-9H,10H2,1-2H3,(H4,21,22,24,25). The van der Waals surface area contributed by atoms with Gasteiger partial charge in [0.2, 0.25) is 0 Å². The molecule has 4 aromatic rings. The molecule has 0 unspecified atom stereocenters. The predicted octanol–water partition coefficient (Wildman–Crippen LogP) is 2.31. The van der Waals surface area contributed by atoms with Gasteiger partial charge in [-0.15, -0.1) is 0 Å². The number of anilines is 3. The molecule has 0 radical (unpaired) electrons. The molecule has 142 valence electrons. The molecule has 0 saturated carbocycles. The van der Waals surface area contributed by atoms with Crippen molar-refractivity contribution in [3.8, 4) is 11.5 Å². The molecule has 0 amide bonds. The molecular formula is C19H19FN8. The Labute approximate surface area is 160 Å². The molecule has 8 nitrogen and oxygen atoms in total. The molecule has 4 rings (SSSR count). The van der Waals surface area contributed by atoms with E-state index in [-0.39, 0.29) is 24.0 Å². The molecule has 4 N–H and O–H groups in total. The zero-order chi connectivity index (χ0) is 19.8. The van der Waals surface area contributed by atoms with Gasteiger partial charge in [-0.2, -0.15) is 5.10 Å². The maximum absolute atomic E-state index is 14.1. The third kappa shape index (κ3) is 2.96. The molecule has 0 aliphatic heterocycles. The zero-order valence-corrected chi connectivity index (χ0v) is 15.5. The highest BCUT2D eigenvalue weighted by atomic mass is 19.1. The first-order chi connectivity index (χ1) is 13.5. The van der Waals surface area contributed by atoms with Crippen LogP contribution in [0, 0.1) is 5.82 Å². The monoisotopic (exact) mass is 378 g/mol. The van der Waals surface area contributed by atoms with Crippen molar-refractivity contribution in [3.05, 3.63) is 54.0 Å². The van der Waals surface area contributed by atoms with Crippen LogP contribution in [0.1, 0.15) is 5.56 Å². The van der Waals surface area contributed by atoms with Gasteiger partial charge < -0.3 is 16.4 Å². The number of benzene rings is 1. The first-order valence-electron chi connectivity index (χ1n) is 8.61. The second kappa shape index (κ2) is 6.76. The van der Waals surface area contributed by atoms with Gasteiger partial charge >= 0.3 is 0 Å². The molecular weight excluding hydrogens is 359 g/mol. The van der Waals surface area contributed by atoms with E-state index in [1.54, 1.807) is 40.0 Å². The van der Waals surface area contributed by atoms with Crippen LogP contribution < -0.4 is 16.4 Å². The molecule has 0 bridgehead atoms. The molecule has 0 fully saturated rings. The van der Waals surface area contributed by atoms with Crippen LogP contribution in [-0.4, -0.2) is 38.8 Å². The highest BCUT2D eigenvalue weighted by Gasteiger charge is 2.19. The highest BCUT2D eigenvalue weighted by molar-refractivity contribution is 5.90. The molecule has 0 aliphatic carbocycles. The number of hydrogen-bond donors (Lipinski definition) is 2. The van der Waals surface area contributed by atoms with Gasteiger partial charge in [0.25, 0.3) is 0 Å². The number of pyridine rings is 1. The number of nitrogens with two attached hydrogens (primary N) is 2. The molecule has 3 aromatic heterocycles. The van der Waals surface area contributed by atoms with Crippen LogP contribution >= 0.6 is 0 Å². The molecule has 0 saturated heterocycles. The van der Waals surface area contributed by atoms with Crippen molar-refractivity contribution in [2.45, 2.75) is 6.54 Å². The highest BCUT2D eigenvalue weighted by Crippen LogP contribution is 2.31. The molecule has 1 aromatic carbocycles. The van der Waals surface area contributed by atoms with Crippen molar-refractivity contribution in [2.75, 3.05) is 30.5 Å². The minimum atomic E-state index is -0.302. The largest absolute Gasteiger partial charge is 0.382 e. The van der Waals surface area contributed by atoms with Crippen LogP contribution in [0.15, 0.2) is 42.6 Å². The van der Waals surface area contributed by atoms with Gasteiger partial charge in [-0.3, -0.25) is 0 Å². The average molecular weight is 378 g/mol. The molecule has 0 spiro atoms. The fourth-order valence-corrected chi connectivity index (χ4v) is 3.13. The number of halogens is 1. The van der Waals surface area contributed by atoms with Gasteiger partial charge in [0.15, 0.2) is 23.1 Å². The Morgan fingerprint density at radius 3 is 2.43 bits per heavy atom. The summed E-state index contributed by atoms with van der Waals surface area (Å²) in [5, 5.41) is 5.32. The van der Waals surface area contributed by atoms with E-state index in [1.165, 1.54) is 6.07 Å². The normalized spacial score (nSPS) is 11.1. The van der Waals surface area contributed by atoms with Crippen molar-refractivity contribution in [1.29, 1.82) is 0 Å². The van der Waals surface area contributed by atoms with E-state index in [0.717, 1.165) is 5.39 Å². The molecule has 3 heterocycles. The van der Waals surface area contributed by atoms with E-state index in [4.69, 9.17) is 11.5 Å². The number of rotatable bonds is 4. The summed E-state index contributed by atoms with van der Waals surface area (Å²) in [6.45, 7) is 0.223. The lowest BCUT2D eigenvalue weighted by Crippen LogP contribution is -2.16. The van der Waals surface area contributed by atoms with E-state index < -0.39 is 0 Å². The summed E-state index contributed by atoms with van der Waals surface area (Å²) < 4.78 is 15.7. The summed E-state index contributed by atoms with van der Waals surface area (Å²) in [5.74, 6) is 0.510. The van der Waals surface area contributed by atoms with Crippen LogP contribution in [0.2, 0.25) is 0 Å². The van der Waals surface area contributed by atoms with Gasteiger partial charge in [0.05, 0.1) is 11.9 Å². The fourth-order valence-electron chi connectivity index (χ4n) is 3.13. The number of aromatic nitrogens is 5. The van der Waals surface area contributed by atoms with E-state index >= 15 is 0 Å². The van der Waals surface area contributed by atoms with E-state index in [2.05, 4.69) is 20.1 Å². The molecule has 9 heteroatoms. The predicted molar refractivity (Wildman–Crippen MR) is 107 cm³/mol. The lowest BCUT2D eigenvalue weighted by atomic mass is 10.2. The summed E-state index contributed by atoms with van der Waals surface area (Å²) in [6, 6.07) is 10.2. The average Bonchev–Trinajstić information content (AvgIpc) is 3.01. The summed E-state index contributed by atoms with van der Waals surface area (Å²) >= 11 is 0. The zero-order valence-electron chi connectivity index (χ0n) is 15.5. The van der Waals surface area contributed by atoms with Crippen molar-refractivity contribution >= 4 is 28.4 Å².